The molecule has 0 spiro atoms. The molecule has 1 aliphatic rings. The van der Waals surface area contributed by atoms with Crippen molar-refractivity contribution >= 4 is 5.57 Å². The molecule has 1 heteroatoms. The van der Waals surface area contributed by atoms with Gasteiger partial charge in [0.1, 0.15) is 23.4 Å². The first-order valence-electron chi connectivity index (χ1n) is 3.84. The van der Waals surface area contributed by atoms with Gasteiger partial charge in [-0.1, -0.05) is 6.07 Å². The fourth-order valence-electron chi connectivity index (χ4n) is 1.09. The second kappa shape index (κ2) is 3.12. The largest absolute Gasteiger partial charge is 0.242 e. The van der Waals surface area contributed by atoms with Crippen molar-refractivity contribution < 1.29 is 0 Å². The maximum absolute atomic E-state index is 4.23. The molecule has 1 aromatic rings. The van der Waals surface area contributed by atoms with Crippen LogP contribution in [0.4, 0.5) is 0 Å². The summed E-state index contributed by atoms with van der Waals surface area (Å²) in [6.07, 6.45) is 12.6. The van der Waals surface area contributed by atoms with Crippen LogP contribution in [0.25, 0.3) is 5.57 Å². The van der Waals surface area contributed by atoms with Crippen LogP contribution in [0.3, 0.4) is 0 Å². The summed E-state index contributed by atoms with van der Waals surface area (Å²) in [5.74, 6) is 0. The van der Waals surface area contributed by atoms with Gasteiger partial charge >= 0.3 is 0 Å². The molecule has 1 aliphatic carbocycles. The van der Waals surface area contributed by atoms with Gasteiger partial charge in [-0.15, -0.1) is 0 Å². The number of allylic oxidation sites excluding steroid dienone is 6. The normalized spacial score (nSPS) is 13.8. The average molecular weight is 154 g/mol. The lowest BCUT2D eigenvalue weighted by molar-refractivity contribution is 1.28. The van der Waals surface area contributed by atoms with Gasteiger partial charge in [0.2, 0.25) is 0 Å². The van der Waals surface area contributed by atoms with E-state index < -0.39 is 0 Å². The van der Waals surface area contributed by atoms with Gasteiger partial charge < -0.3 is 0 Å². The van der Waals surface area contributed by atoms with Crippen LogP contribution in [0.5, 0.6) is 0 Å². The molecule has 1 aromatic heterocycles. The molecule has 0 saturated heterocycles. The summed E-state index contributed by atoms with van der Waals surface area (Å²) in [5.41, 5.74) is 2.10. The van der Waals surface area contributed by atoms with Crippen LogP contribution in [0.2, 0.25) is 0 Å². The Kier molecular flexibility index (Phi) is 1.81. The van der Waals surface area contributed by atoms with Gasteiger partial charge in [0, 0.05) is 18.3 Å². The maximum atomic E-state index is 4.23. The van der Waals surface area contributed by atoms with Crippen molar-refractivity contribution in [2.24, 2.45) is 0 Å². The van der Waals surface area contributed by atoms with Crippen LogP contribution in [-0.4, -0.2) is 4.98 Å². The van der Waals surface area contributed by atoms with Crippen LogP contribution in [0.1, 0.15) is 5.69 Å². The number of nitrogens with zero attached hydrogens (tertiary/aromatic N) is 1. The van der Waals surface area contributed by atoms with E-state index in [4.69, 9.17) is 0 Å². The first-order chi connectivity index (χ1) is 5.97. The van der Waals surface area contributed by atoms with E-state index in [0.29, 0.717) is 0 Å². The lowest BCUT2D eigenvalue weighted by Crippen LogP contribution is -1.85. The van der Waals surface area contributed by atoms with E-state index >= 15 is 0 Å². The molecule has 0 atom stereocenters. The molecule has 0 fully saturated rings. The molecule has 0 bridgehead atoms. The quantitative estimate of drug-likeness (QED) is 0.566. The standard InChI is InChI=1S/C11H8N/c1-2-6-10(7-3-1)11-8-4-5-9-12-11/h1-2,4-9H/q+1. The molecule has 0 N–H and O–H groups in total. The summed E-state index contributed by atoms with van der Waals surface area (Å²) in [6, 6.07) is 5.88. The van der Waals surface area contributed by atoms with Gasteiger partial charge in [-0.2, -0.15) is 0 Å². The van der Waals surface area contributed by atoms with Crippen LogP contribution in [0, 0.1) is 6.08 Å². The Hall–Kier alpha value is -1.72. The fourth-order valence-corrected chi connectivity index (χ4v) is 1.09. The predicted octanol–water partition coefficient (Wildman–Crippen LogP) is 2.39. The lowest BCUT2D eigenvalue weighted by Gasteiger charge is -1.93. The van der Waals surface area contributed by atoms with E-state index in [9.17, 15) is 0 Å². The van der Waals surface area contributed by atoms with Crippen molar-refractivity contribution in [3.63, 3.8) is 0 Å². The molecule has 0 aliphatic heterocycles. The zero-order chi connectivity index (χ0) is 8.23. The first kappa shape index (κ1) is 6.96. The minimum atomic E-state index is 0.995. The fraction of sp³-hybridized carbons (Fsp3) is 0. The van der Waals surface area contributed by atoms with Gasteiger partial charge in [0.15, 0.2) is 0 Å². The zero-order valence-corrected chi connectivity index (χ0v) is 6.57. The molecular weight excluding hydrogens is 146 g/mol. The molecule has 12 heavy (non-hydrogen) atoms. The number of hydrogen-bond acceptors (Lipinski definition) is 1. The second-order valence-electron chi connectivity index (χ2n) is 2.51. The molecule has 0 radical (unpaired) electrons. The molecule has 1 nitrogen and oxygen atoms in total. The summed E-state index contributed by atoms with van der Waals surface area (Å²) in [4.78, 5) is 4.23. The molecule has 0 amide bonds. The number of rotatable bonds is 1. The van der Waals surface area contributed by atoms with Gasteiger partial charge in [-0.3, -0.25) is 0 Å². The Morgan fingerprint density at radius 1 is 1.25 bits per heavy atom. The Morgan fingerprint density at radius 3 is 2.92 bits per heavy atom. The Morgan fingerprint density at radius 2 is 2.25 bits per heavy atom. The van der Waals surface area contributed by atoms with Crippen molar-refractivity contribution in [2.45, 2.75) is 0 Å². The lowest BCUT2D eigenvalue weighted by atomic mass is 10.1. The summed E-state index contributed by atoms with van der Waals surface area (Å²) < 4.78 is 0. The van der Waals surface area contributed by atoms with Crippen molar-refractivity contribution in [1.29, 1.82) is 0 Å². The summed E-state index contributed by atoms with van der Waals surface area (Å²) in [5, 5.41) is 0. The Balaban J connectivity index is 2.38. The van der Waals surface area contributed by atoms with E-state index in [1.807, 2.05) is 42.5 Å². The smallest absolute Gasteiger partial charge is 0.127 e. The molecule has 0 aromatic carbocycles. The second-order valence-corrected chi connectivity index (χ2v) is 2.51. The van der Waals surface area contributed by atoms with Gasteiger partial charge in [0.25, 0.3) is 0 Å². The molecule has 56 valence electrons. The monoisotopic (exact) mass is 154 g/mol. The SMILES string of the molecule is [C+]1=CC(c2ccccn2)=CC=C1. The van der Waals surface area contributed by atoms with E-state index in [2.05, 4.69) is 11.1 Å². The third-order valence-electron chi connectivity index (χ3n) is 1.67. The van der Waals surface area contributed by atoms with Gasteiger partial charge in [0.05, 0.1) is 6.08 Å². The van der Waals surface area contributed by atoms with Crippen LogP contribution in [0.15, 0.2) is 48.7 Å². The van der Waals surface area contributed by atoms with Gasteiger partial charge in [-0.05, 0) is 12.1 Å². The van der Waals surface area contributed by atoms with E-state index in [1.54, 1.807) is 6.20 Å². The third kappa shape index (κ3) is 1.31. The van der Waals surface area contributed by atoms with E-state index in [0.717, 1.165) is 11.3 Å². The van der Waals surface area contributed by atoms with Crippen molar-refractivity contribution in [2.75, 3.05) is 0 Å². The third-order valence-corrected chi connectivity index (χ3v) is 1.67. The van der Waals surface area contributed by atoms with Crippen molar-refractivity contribution in [3.8, 4) is 0 Å². The highest BCUT2D eigenvalue weighted by molar-refractivity contribution is 5.73. The minimum Gasteiger partial charge on any atom is -0.242 e. The van der Waals surface area contributed by atoms with Crippen LogP contribution >= 0.6 is 0 Å². The summed E-state index contributed by atoms with van der Waals surface area (Å²) in [6.45, 7) is 0. The highest BCUT2D eigenvalue weighted by Crippen LogP contribution is 2.14. The molecule has 0 unspecified atom stereocenters. The highest BCUT2D eigenvalue weighted by Gasteiger charge is 2.06. The number of pyridine rings is 1. The highest BCUT2D eigenvalue weighted by atomic mass is 14.7. The van der Waals surface area contributed by atoms with E-state index in [1.165, 1.54) is 0 Å². The summed E-state index contributed by atoms with van der Waals surface area (Å²) >= 11 is 0. The van der Waals surface area contributed by atoms with Crippen LogP contribution < -0.4 is 0 Å². The minimum absolute atomic E-state index is 0.995. The number of aromatic nitrogens is 1. The van der Waals surface area contributed by atoms with E-state index in [-0.39, 0.29) is 0 Å². The number of hydrogen-bond donors (Lipinski definition) is 0. The summed E-state index contributed by atoms with van der Waals surface area (Å²) in [7, 11) is 0. The predicted molar refractivity (Wildman–Crippen MR) is 49.2 cm³/mol. The molecular formula is C11H8N+. The topological polar surface area (TPSA) is 12.9 Å². The Labute approximate surface area is 71.8 Å². The average Bonchev–Trinajstić information content (AvgIpc) is 2.21. The van der Waals surface area contributed by atoms with Crippen LogP contribution in [-0.2, 0) is 0 Å². The Bertz CT molecular complexity index is 345. The zero-order valence-electron chi connectivity index (χ0n) is 6.57. The molecule has 2 rings (SSSR count). The first-order valence-corrected chi connectivity index (χ1v) is 3.84. The van der Waals surface area contributed by atoms with Gasteiger partial charge in [-0.25, -0.2) is 4.98 Å². The van der Waals surface area contributed by atoms with Crippen molar-refractivity contribution in [1.82, 2.24) is 4.98 Å². The maximum Gasteiger partial charge on any atom is 0.127 e. The molecule has 0 saturated carbocycles. The van der Waals surface area contributed by atoms with Crippen molar-refractivity contribution in [3.05, 3.63) is 60.5 Å². The molecule has 1 heterocycles.